The Hall–Kier alpha value is -1.70. The van der Waals surface area contributed by atoms with Gasteiger partial charge in [-0.25, -0.2) is 0 Å². The maximum absolute atomic E-state index is 6.20. The maximum Gasteiger partial charge on any atom is 0.0409 e. The maximum atomic E-state index is 6.20. The fourth-order valence-electron chi connectivity index (χ4n) is 2.10. The number of rotatable bonds is 5. The van der Waals surface area contributed by atoms with Crippen LogP contribution in [0.25, 0.3) is 5.57 Å². The van der Waals surface area contributed by atoms with Crippen LogP contribution in [0.3, 0.4) is 0 Å². The zero-order valence-electron chi connectivity index (χ0n) is 12.9. The van der Waals surface area contributed by atoms with Crippen molar-refractivity contribution >= 4 is 16.9 Å². The van der Waals surface area contributed by atoms with Crippen LogP contribution in [0.4, 0.5) is 11.4 Å². The van der Waals surface area contributed by atoms with Gasteiger partial charge in [-0.3, -0.25) is 0 Å². The van der Waals surface area contributed by atoms with Gasteiger partial charge in [-0.1, -0.05) is 33.4 Å². The molecule has 104 valence electrons. The topological polar surface area (TPSA) is 29.3 Å². The summed E-state index contributed by atoms with van der Waals surface area (Å²) in [5, 5.41) is 0. The summed E-state index contributed by atoms with van der Waals surface area (Å²) in [6, 6.07) is 4.20. The monoisotopic (exact) mass is 258 g/mol. The normalized spacial score (nSPS) is 11.2. The van der Waals surface area contributed by atoms with Gasteiger partial charge in [0.15, 0.2) is 0 Å². The first kappa shape index (κ1) is 15.4. The van der Waals surface area contributed by atoms with Crippen molar-refractivity contribution in [2.45, 2.75) is 32.6 Å². The SMILES string of the molecule is C=CC(C)(C)c1cc(N)c(C(=C)CC)cc1N(C)C. The zero-order chi connectivity index (χ0) is 14.8. The lowest BCUT2D eigenvalue weighted by molar-refractivity contribution is 0.670. The van der Waals surface area contributed by atoms with E-state index in [-0.39, 0.29) is 5.41 Å². The summed E-state index contributed by atoms with van der Waals surface area (Å²) in [5.74, 6) is 0. The Bertz CT molecular complexity index is 496. The van der Waals surface area contributed by atoms with E-state index < -0.39 is 0 Å². The molecule has 0 aromatic heterocycles. The molecule has 0 spiro atoms. The Balaban J connectivity index is 3.55. The number of nitrogens with two attached hydrogens (primary N) is 1. The highest BCUT2D eigenvalue weighted by atomic mass is 15.1. The van der Waals surface area contributed by atoms with Crippen LogP contribution in [0.15, 0.2) is 31.4 Å². The average molecular weight is 258 g/mol. The third-order valence-corrected chi connectivity index (χ3v) is 3.66. The van der Waals surface area contributed by atoms with Crippen LogP contribution in [0.5, 0.6) is 0 Å². The van der Waals surface area contributed by atoms with E-state index in [1.54, 1.807) is 0 Å². The molecule has 2 heteroatoms. The lowest BCUT2D eigenvalue weighted by Crippen LogP contribution is -2.21. The molecule has 0 bridgehead atoms. The molecule has 0 atom stereocenters. The van der Waals surface area contributed by atoms with Gasteiger partial charge in [0.1, 0.15) is 0 Å². The van der Waals surface area contributed by atoms with E-state index in [2.05, 4.69) is 51.0 Å². The van der Waals surface area contributed by atoms with Crippen molar-refractivity contribution in [1.29, 1.82) is 0 Å². The lowest BCUT2D eigenvalue weighted by atomic mass is 9.82. The number of anilines is 2. The molecule has 0 fully saturated rings. The van der Waals surface area contributed by atoms with Gasteiger partial charge in [0.05, 0.1) is 0 Å². The van der Waals surface area contributed by atoms with Crippen LogP contribution in [-0.4, -0.2) is 14.1 Å². The van der Waals surface area contributed by atoms with Crippen molar-refractivity contribution in [3.8, 4) is 0 Å². The second-order valence-corrected chi connectivity index (χ2v) is 5.73. The first-order chi connectivity index (χ1) is 8.74. The van der Waals surface area contributed by atoms with Crippen molar-refractivity contribution in [2.24, 2.45) is 0 Å². The Morgan fingerprint density at radius 1 is 1.37 bits per heavy atom. The average Bonchev–Trinajstić information content (AvgIpc) is 2.37. The Kier molecular flexibility index (Phi) is 4.46. The number of nitrogen functional groups attached to an aromatic ring is 1. The van der Waals surface area contributed by atoms with E-state index in [1.165, 1.54) is 11.3 Å². The molecule has 0 amide bonds. The molecule has 1 aromatic rings. The molecule has 0 aliphatic rings. The minimum absolute atomic E-state index is 0.111. The molecule has 0 aliphatic heterocycles. The Morgan fingerprint density at radius 3 is 2.37 bits per heavy atom. The molecule has 0 saturated carbocycles. The fourth-order valence-corrected chi connectivity index (χ4v) is 2.10. The molecule has 1 aromatic carbocycles. The summed E-state index contributed by atoms with van der Waals surface area (Å²) in [6.07, 6.45) is 2.87. The van der Waals surface area contributed by atoms with Gasteiger partial charge in [0, 0.05) is 36.4 Å². The van der Waals surface area contributed by atoms with Crippen LogP contribution in [0.2, 0.25) is 0 Å². The third kappa shape index (κ3) is 3.01. The van der Waals surface area contributed by atoms with Gasteiger partial charge in [-0.15, -0.1) is 6.58 Å². The number of allylic oxidation sites excluding steroid dienone is 2. The molecule has 0 saturated heterocycles. The minimum atomic E-state index is -0.111. The molecular weight excluding hydrogens is 232 g/mol. The fraction of sp³-hybridized carbons (Fsp3) is 0.412. The number of hydrogen-bond donors (Lipinski definition) is 1. The van der Waals surface area contributed by atoms with Crippen molar-refractivity contribution in [3.05, 3.63) is 42.5 Å². The van der Waals surface area contributed by atoms with Gasteiger partial charge in [-0.2, -0.15) is 0 Å². The predicted molar refractivity (Wildman–Crippen MR) is 87.7 cm³/mol. The van der Waals surface area contributed by atoms with E-state index in [9.17, 15) is 0 Å². The largest absolute Gasteiger partial charge is 0.398 e. The first-order valence-electron chi connectivity index (χ1n) is 6.67. The van der Waals surface area contributed by atoms with E-state index >= 15 is 0 Å². The Labute approximate surface area is 117 Å². The summed E-state index contributed by atoms with van der Waals surface area (Å²) < 4.78 is 0. The molecular formula is C17H26N2. The molecule has 1 rings (SSSR count). The summed E-state index contributed by atoms with van der Waals surface area (Å²) >= 11 is 0. The summed E-state index contributed by atoms with van der Waals surface area (Å²) in [5.41, 5.74) is 11.4. The van der Waals surface area contributed by atoms with Crippen molar-refractivity contribution in [2.75, 3.05) is 24.7 Å². The van der Waals surface area contributed by atoms with Gasteiger partial charge < -0.3 is 10.6 Å². The zero-order valence-corrected chi connectivity index (χ0v) is 12.9. The molecule has 0 unspecified atom stereocenters. The van der Waals surface area contributed by atoms with Crippen molar-refractivity contribution in [3.63, 3.8) is 0 Å². The van der Waals surface area contributed by atoms with Crippen LogP contribution in [0, 0.1) is 0 Å². The van der Waals surface area contributed by atoms with Crippen LogP contribution in [0.1, 0.15) is 38.3 Å². The van der Waals surface area contributed by atoms with E-state index in [0.717, 1.165) is 23.2 Å². The molecule has 0 aliphatic carbocycles. The van der Waals surface area contributed by atoms with E-state index in [0.29, 0.717) is 0 Å². The highest BCUT2D eigenvalue weighted by Gasteiger charge is 2.23. The predicted octanol–water partition coefficient (Wildman–Crippen LogP) is 4.22. The second kappa shape index (κ2) is 5.52. The highest BCUT2D eigenvalue weighted by molar-refractivity contribution is 5.79. The van der Waals surface area contributed by atoms with Gasteiger partial charge in [-0.05, 0) is 29.7 Å². The second-order valence-electron chi connectivity index (χ2n) is 5.73. The first-order valence-corrected chi connectivity index (χ1v) is 6.67. The molecule has 0 heterocycles. The molecule has 2 nitrogen and oxygen atoms in total. The molecule has 19 heavy (non-hydrogen) atoms. The van der Waals surface area contributed by atoms with Crippen LogP contribution >= 0.6 is 0 Å². The number of benzene rings is 1. The van der Waals surface area contributed by atoms with Gasteiger partial charge in [0.25, 0.3) is 0 Å². The summed E-state index contributed by atoms with van der Waals surface area (Å²) in [7, 11) is 4.10. The highest BCUT2D eigenvalue weighted by Crippen LogP contribution is 2.37. The lowest BCUT2D eigenvalue weighted by Gasteiger charge is -2.29. The summed E-state index contributed by atoms with van der Waals surface area (Å²) in [6.45, 7) is 14.4. The number of nitrogens with zero attached hydrogens (tertiary/aromatic N) is 1. The standard InChI is InChI=1S/C17H26N2/c1-8-12(3)13-10-16(19(6)7)14(11-15(13)18)17(4,5)9-2/h9-11H,2-3,8,18H2,1,4-7H3. The van der Waals surface area contributed by atoms with Crippen molar-refractivity contribution < 1.29 is 0 Å². The van der Waals surface area contributed by atoms with Crippen LogP contribution < -0.4 is 10.6 Å². The smallest absolute Gasteiger partial charge is 0.0409 e. The minimum Gasteiger partial charge on any atom is -0.398 e. The number of hydrogen-bond acceptors (Lipinski definition) is 2. The van der Waals surface area contributed by atoms with Gasteiger partial charge >= 0.3 is 0 Å². The summed E-state index contributed by atoms with van der Waals surface area (Å²) in [4.78, 5) is 2.12. The van der Waals surface area contributed by atoms with Crippen LogP contribution in [-0.2, 0) is 5.41 Å². The van der Waals surface area contributed by atoms with E-state index in [1.807, 2.05) is 20.2 Å². The Morgan fingerprint density at radius 2 is 1.95 bits per heavy atom. The quantitative estimate of drug-likeness (QED) is 0.633. The third-order valence-electron chi connectivity index (χ3n) is 3.66. The van der Waals surface area contributed by atoms with Crippen molar-refractivity contribution in [1.82, 2.24) is 0 Å². The van der Waals surface area contributed by atoms with E-state index in [4.69, 9.17) is 5.73 Å². The molecule has 2 N–H and O–H groups in total. The van der Waals surface area contributed by atoms with Gasteiger partial charge in [0.2, 0.25) is 0 Å². The molecule has 0 radical (unpaired) electrons.